The lowest BCUT2D eigenvalue weighted by molar-refractivity contribution is -0.143. The van der Waals surface area contributed by atoms with Crippen LogP contribution >= 0.6 is 0 Å². The summed E-state index contributed by atoms with van der Waals surface area (Å²) in [5.74, 6) is -2.06. The fourth-order valence-electron chi connectivity index (χ4n) is 1.61. The van der Waals surface area contributed by atoms with Crippen molar-refractivity contribution < 1.29 is 18.3 Å². The van der Waals surface area contributed by atoms with Gasteiger partial charge in [-0.1, -0.05) is 6.07 Å². The van der Waals surface area contributed by atoms with Gasteiger partial charge in [-0.3, -0.25) is 5.32 Å². The summed E-state index contributed by atoms with van der Waals surface area (Å²) >= 11 is 0. The number of rotatable bonds is 6. The molecular weight excluding hydrogens is 254 g/mol. The van der Waals surface area contributed by atoms with E-state index in [4.69, 9.17) is 0 Å². The lowest BCUT2D eigenvalue weighted by atomic mass is 10.1. The van der Waals surface area contributed by atoms with E-state index < -0.39 is 23.6 Å². The molecule has 1 rings (SSSR count). The number of halogens is 2. The Labute approximate surface area is 111 Å². The summed E-state index contributed by atoms with van der Waals surface area (Å²) in [6, 6.07) is 2.17. The lowest BCUT2D eigenvalue weighted by Crippen LogP contribution is -2.35. The number of esters is 1. The Morgan fingerprint density at radius 1 is 1.42 bits per heavy atom. The molecule has 4 nitrogen and oxygen atoms in total. The van der Waals surface area contributed by atoms with Crippen LogP contribution in [0.5, 0.6) is 0 Å². The predicted molar refractivity (Wildman–Crippen MR) is 67.7 cm³/mol. The van der Waals surface area contributed by atoms with Crippen LogP contribution in [0.25, 0.3) is 0 Å². The number of likely N-dealkylation sites (N-methyl/N-ethyl adjacent to an activating group) is 1. The topological polar surface area (TPSA) is 41.6 Å². The van der Waals surface area contributed by atoms with Crippen LogP contribution in [0.2, 0.25) is 0 Å². The van der Waals surface area contributed by atoms with Gasteiger partial charge < -0.3 is 9.64 Å². The van der Waals surface area contributed by atoms with Crippen molar-refractivity contribution in [1.82, 2.24) is 10.2 Å². The fraction of sp³-hybridized carbons (Fsp3) is 0.462. The van der Waals surface area contributed by atoms with Crippen molar-refractivity contribution in [2.75, 3.05) is 34.3 Å². The molecule has 0 heterocycles. The van der Waals surface area contributed by atoms with Crippen LogP contribution in [0.15, 0.2) is 18.2 Å². The summed E-state index contributed by atoms with van der Waals surface area (Å²) in [6.07, 6.45) is 0. The van der Waals surface area contributed by atoms with Crippen LogP contribution in [0, 0.1) is 11.6 Å². The first-order chi connectivity index (χ1) is 8.95. The van der Waals surface area contributed by atoms with E-state index in [2.05, 4.69) is 10.1 Å². The SMILES string of the molecule is COC(=O)C(NCCN(C)C)c1ccc(F)cc1F. The molecule has 6 heteroatoms. The largest absolute Gasteiger partial charge is 0.468 e. The van der Waals surface area contributed by atoms with Gasteiger partial charge in [-0.25, -0.2) is 13.6 Å². The first-order valence-corrected chi connectivity index (χ1v) is 5.86. The van der Waals surface area contributed by atoms with Gasteiger partial charge in [-0.2, -0.15) is 0 Å². The standard InChI is InChI=1S/C13H18F2N2O2/c1-17(2)7-6-16-12(13(18)19-3)10-5-4-9(14)8-11(10)15/h4-5,8,12,16H,6-7H2,1-3H3. The highest BCUT2D eigenvalue weighted by Crippen LogP contribution is 2.19. The summed E-state index contributed by atoms with van der Waals surface area (Å²) < 4.78 is 31.2. The zero-order valence-corrected chi connectivity index (χ0v) is 11.2. The van der Waals surface area contributed by atoms with Crippen LogP contribution in [0.1, 0.15) is 11.6 Å². The minimum absolute atomic E-state index is 0.0759. The Hall–Kier alpha value is -1.53. The van der Waals surface area contributed by atoms with E-state index in [-0.39, 0.29) is 5.56 Å². The van der Waals surface area contributed by atoms with Crippen LogP contribution in [-0.2, 0) is 9.53 Å². The van der Waals surface area contributed by atoms with Crippen molar-refractivity contribution in [3.05, 3.63) is 35.4 Å². The Kier molecular flexibility index (Phi) is 5.85. The van der Waals surface area contributed by atoms with Crippen LogP contribution < -0.4 is 5.32 Å². The molecule has 0 aliphatic rings. The van der Waals surface area contributed by atoms with Crippen molar-refractivity contribution in [3.8, 4) is 0 Å². The van der Waals surface area contributed by atoms with Gasteiger partial charge in [-0.05, 0) is 20.2 Å². The van der Waals surface area contributed by atoms with Crippen molar-refractivity contribution >= 4 is 5.97 Å². The van der Waals surface area contributed by atoms with Gasteiger partial charge in [0.15, 0.2) is 0 Å². The first kappa shape index (κ1) is 15.5. The van der Waals surface area contributed by atoms with Gasteiger partial charge in [0.1, 0.15) is 17.7 Å². The molecule has 1 N–H and O–H groups in total. The molecule has 0 saturated heterocycles. The van der Waals surface area contributed by atoms with E-state index in [1.54, 1.807) is 0 Å². The maximum Gasteiger partial charge on any atom is 0.327 e. The number of nitrogens with zero attached hydrogens (tertiary/aromatic N) is 1. The molecule has 0 fully saturated rings. The van der Waals surface area contributed by atoms with Gasteiger partial charge in [-0.15, -0.1) is 0 Å². The van der Waals surface area contributed by atoms with Crippen LogP contribution in [0.3, 0.4) is 0 Å². The summed E-state index contributed by atoms with van der Waals surface area (Å²) in [6.45, 7) is 1.15. The second kappa shape index (κ2) is 7.16. The molecule has 1 atom stereocenters. The third-order valence-corrected chi connectivity index (χ3v) is 2.62. The average molecular weight is 272 g/mol. The molecule has 0 bridgehead atoms. The number of carbonyl (C=O) groups excluding carboxylic acids is 1. The number of ether oxygens (including phenoxy) is 1. The number of hydrogen-bond donors (Lipinski definition) is 1. The van der Waals surface area contributed by atoms with Crippen LogP contribution in [0.4, 0.5) is 8.78 Å². The summed E-state index contributed by atoms with van der Waals surface area (Å²) in [5, 5.41) is 2.90. The Bertz CT molecular complexity index is 439. The summed E-state index contributed by atoms with van der Waals surface area (Å²) in [5.41, 5.74) is 0.0759. The van der Waals surface area contributed by atoms with Gasteiger partial charge in [0.2, 0.25) is 0 Å². The Balaban J connectivity index is 2.87. The first-order valence-electron chi connectivity index (χ1n) is 5.86. The Morgan fingerprint density at radius 2 is 2.11 bits per heavy atom. The van der Waals surface area contributed by atoms with Crippen molar-refractivity contribution in [3.63, 3.8) is 0 Å². The zero-order valence-electron chi connectivity index (χ0n) is 11.2. The highest BCUT2D eigenvalue weighted by Gasteiger charge is 2.24. The molecule has 0 aromatic heterocycles. The molecule has 0 amide bonds. The Morgan fingerprint density at radius 3 is 2.63 bits per heavy atom. The average Bonchev–Trinajstić information content (AvgIpc) is 2.34. The van der Waals surface area contributed by atoms with E-state index in [0.29, 0.717) is 13.1 Å². The van der Waals surface area contributed by atoms with E-state index in [9.17, 15) is 13.6 Å². The second-order valence-electron chi connectivity index (χ2n) is 4.38. The minimum Gasteiger partial charge on any atom is -0.468 e. The maximum absolute atomic E-state index is 13.7. The normalized spacial score (nSPS) is 12.5. The van der Waals surface area contributed by atoms with Gasteiger partial charge in [0.05, 0.1) is 7.11 Å². The molecule has 0 radical (unpaired) electrons. The molecule has 0 aliphatic carbocycles. The van der Waals surface area contributed by atoms with E-state index in [1.165, 1.54) is 13.2 Å². The number of methoxy groups -OCH3 is 1. The maximum atomic E-state index is 13.7. The summed E-state index contributed by atoms with van der Waals surface area (Å²) in [4.78, 5) is 13.6. The third kappa shape index (κ3) is 4.57. The molecule has 1 unspecified atom stereocenters. The van der Waals surface area contributed by atoms with Crippen molar-refractivity contribution in [2.24, 2.45) is 0 Å². The molecule has 1 aromatic rings. The molecule has 0 saturated carbocycles. The fourth-order valence-corrected chi connectivity index (χ4v) is 1.61. The number of benzene rings is 1. The van der Waals surface area contributed by atoms with Gasteiger partial charge in [0.25, 0.3) is 0 Å². The predicted octanol–water partition coefficient (Wildman–Crippen LogP) is 1.33. The van der Waals surface area contributed by atoms with Crippen molar-refractivity contribution in [1.29, 1.82) is 0 Å². The van der Waals surface area contributed by atoms with Gasteiger partial charge >= 0.3 is 5.97 Å². The number of hydrogen-bond acceptors (Lipinski definition) is 4. The smallest absolute Gasteiger partial charge is 0.327 e. The molecule has 0 aliphatic heterocycles. The molecular formula is C13H18F2N2O2. The van der Waals surface area contributed by atoms with Gasteiger partial charge in [0, 0.05) is 24.7 Å². The molecule has 106 valence electrons. The van der Waals surface area contributed by atoms with E-state index in [0.717, 1.165) is 12.1 Å². The minimum atomic E-state index is -0.939. The quantitative estimate of drug-likeness (QED) is 0.793. The molecule has 1 aromatic carbocycles. The third-order valence-electron chi connectivity index (χ3n) is 2.62. The lowest BCUT2D eigenvalue weighted by Gasteiger charge is -2.19. The molecule has 0 spiro atoms. The number of carbonyl (C=O) groups is 1. The van der Waals surface area contributed by atoms with E-state index >= 15 is 0 Å². The van der Waals surface area contributed by atoms with Crippen LogP contribution in [-0.4, -0.2) is 45.2 Å². The highest BCUT2D eigenvalue weighted by molar-refractivity contribution is 5.77. The zero-order chi connectivity index (χ0) is 14.4. The molecule has 19 heavy (non-hydrogen) atoms. The number of nitrogens with one attached hydrogen (secondary N) is 1. The second-order valence-corrected chi connectivity index (χ2v) is 4.38. The summed E-state index contributed by atoms with van der Waals surface area (Å²) in [7, 11) is 4.99. The van der Waals surface area contributed by atoms with E-state index in [1.807, 2.05) is 19.0 Å². The highest BCUT2D eigenvalue weighted by atomic mass is 19.1. The monoisotopic (exact) mass is 272 g/mol. The van der Waals surface area contributed by atoms with Crippen molar-refractivity contribution in [2.45, 2.75) is 6.04 Å².